The van der Waals surface area contributed by atoms with Crippen LogP contribution in [0.4, 0.5) is 0 Å². The standard InChI is InChI=1S/C11H23NO/c1-4-5-6-7-8-12-11(13)9-10(2)3/h10H,4-9H2,1-3H3,(H,12,13). The maximum atomic E-state index is 11.2. The normalized spacial score (nSPS) is 10.5. The molecule has 78 valence electrons. The monoisotopic (exact) mass is 185 g/mol. The van der Waals surface area contributed by atoms with E-state index >= 15 is 0 Å². The number of hydrogen-bond acceptors (Lipinski definition) is 1. The molecule has 13 heavy (non-hydrogen) atoms. The van der Waals surface area contributed by atoms with E-state index in [1.807, 2.05) is 0 Å². The summed E-state index contributed by atoms with van der Waals surface area (Å²) in [5.74, 6) is 0.669. The molecule has 2 heteroatoms. The summed E-state index contributed by atoms with van der Waals surface area (Å²) in [6.07, 6.45) is 5.55. The zero-order valence-corrected chi connectivity index (χ0v) is 9.23. The van der Waals surface area contributed by atoms with E-state index in [-0.39, 0.29) is 5.91 Å². The first-order valence-electron chi connectivity index (χ1n) is 5.43. The van der Waals surface area contributed by atoms with Gasteiger partial charge in [-0.1, -0.05) is 40.0 Å². The Balaban J connectivity index is 3.17. The minimum absolute atomic E-state index is 0.200. The van der Waals surface area contributed by atoms with E-state index in [0.717, 1.165) is 13.0 Å². The fraction of sp³-hybridized carbons (Fsp3) is 0.909. The van der Waals surface area contributed by atoms with Crippen LogP contribution in [0.5, 0.6) is 0 Å². The van der Waals surface area contributed by atoms with Crippen molar-refractivity contribution in [2.45, 2.75) is 52.9 Å². The van der Waals surface area contributed by atoms with Crippen molar-refractivity contribution in [3.05, 3.63) is 0 Å². The lowest BCUT2D eigenvalue weighted by atomic mass is 10.1. The van der Waals surface area contributed by atoms with Gasteiger partial charge in [-0.25, -0.2) is 0 Å². The van der Waals surface area contributed by atoms with Gasteiger partial charge in [0, 0.05) is 13.0 Å². The molecule has 0 saturated heterocycles. The largest absolute Gasteiger partial charge is 0.356 e. The van der Waals surface area contributed by atoms with E-state index in [9.17, 15) is 4.79 Å². The number of hydrogen-bond donors (Lipinski definition) is 1. The zero-order chi connectivity index (χ0) is 10.1. The van der Waals surface area contributed by atoms with Gasteiger partial charge < -0.3 is 5.32 Å². The van der Waals surface area contributed by atoms with Crippen LogP contribution >= 0.6 is 0 Å². The Kier molecular flexibility index (Phi) is 7.76. The first-order valence-corrected chi connectivity index (χ1v) is 5.43. The molecule has 0 fully saturated rings. The number of unbranched alkanes of at least 4 members (excludes halogenated alkanes) is 3. The molecule has 0 aliphatic carbocycles. The molecule has 0 heterocycles. The Hall–Kier alpha value is -0.530. The van der Waals surface area contributed by atoms with Crippen LogP contribution in [0.2, 0.25) is 0 Å². The van der Waals surface area contributed by atoms with Crippen molar-refractivity contribution in [2.75, 3.05) is 6.54 Å². The molecular weight excluding hydrogens is 162 g/mol. The summed E-state index contributed by atoms with van der Waals surface area (Å²) in [4.78, 5) is 11.2. The average molecular weight is 185 g/mol. The summed E-state index contributed by atoms with van der Waals surface area (Å²) in [5.41, 5.74) is 0. The molecular formula is C11H23NO. The molecule has 0 aromatic heterocycles. The Morgan fingerprint density at radius 2 is 1.92 bits per heavy atom. The molecule has 0 unspecified atom stereocenters. The average Bonchev–Trinajstić information content (AvgIpc) is 2.02. The Bertz CT molecular complexity index is 132. The molecule has 0 aliphatic heterocycles. The maximum absolute atomic E-state index is 11.2. The Morgan fingerprint density at radius 1 is 1.23 bits per heavy atom. The molecule has 0 rings (SSSR count). The third-order valence-electron chi connectivity index (χ3n) is 1.95. The Labute approximate surface area is 82.1 Å². The quantitative estimate of drug-likeness (QED) is 0.607. The van der Waals surface area contributed by atoms with Crippen molar-refractivity contribution in [3.8, 4) is 0 Å². The van der Waals surface area contributed by atoms with Crippen molar-refractivity contribution >= 4 is 5.91 Å². The van der Waals surface area contributed by atoms with Crippen LogP contribution < -0.4 is 5.32 Å². The first kappa shape index (κ1) is 12.5. The second kappa shape index (κ2) is 8.09. The SMILES string of the molecule is CCCCCCNC(=O)CC(C)C. The van der Waals surface area contributed by atoms with Crippen LogP contribution in [-0.4, -0.2) is 12.5 Å². The summed E-state index contributed by atoms with van der Waals surface area (Å²) < 4.78 is 0. The van der Waals surface area contributed by atoms with Gasteiger partial charge in [0.15, 0.2) is 0 Å². The minimum atomic E-state index is 0.200. The first-order chi connectivity index (χ1) is 6.16. The highest BCUT2D eigenvalue weighted by atomic mass is 16.1. The van der Waals surface area contributed by atoms with Crippen LogP contribution in [0, 0.1) is 5.92 Å². The Morgan fingerprint density at radius 3 is 2.46 bits per heavy atom. The zero-order valence-electron chi connectivity index (χ0n) is 9.23. The highest BCUT2D eigenvalue weighted by molar-refractivity contribution is 5.75. The predicted octanol–water partition coefficient (Wildman–Crippen LogP) is 2.73. The summed E-state index contributed by atoms with van der Waals surface area (Å²) >= 11 is 0. The molecule has 0 saturated carbocycles. The molecule has 0 bridgehead atoms. The third-order valence-corrected chi connectivity index (χ3v) is 1.95. The predicted molar refractivity (Wildman–Crippen MR) is 56.6 cm³/mol. The minimum Gasteiger partial charge on any atom is -0.356 e. The second-order valence-electron chi connectivity index (χ2n) is 4.01. The van der Waals surface area contributed by atoms with Crippen LogP contribution in [0.3, 0.4) is 0 Å². The van der Waals surface area contributed by atoms with E-state index in [1.165, 1.54) is 19.3 Å². The van der Waals surface area contributed by atoms with E-state index in [2.05, 4.69) is 26.1 Å². The van der Waals surface area contributed by atoms with Gasteiger partial charge in [-0.2, -0.15) is 0 Å². The van der Waals surface area contributed by atoms with Crippen molar-refractivity contribution in [1.29, 1.82) is 0 Å². The van der Waals surface area contributed by atoms with Gasteiger partial charge in [0.1, 0.15) is 0 Å². The van der Waals surface area contributed by atoms with Crippen LogP contribution in [0.1, 0.15) is 52.9 Å². The number of amides is 1. The molecule has 0 radical (unpaired) electrons. The van der Waals surface area contributed by atoms with Crippen molar-refractivity contribution in [2.24, 2.45) is 5.92 Å². The van der Waals surface area contributed by atoms with Crippen LogP contribution in [-0.2, 0) is 4.79 Å². The van der Waals surface area contributed by atoms with Gasteiger partial charge >= 0.3 is 0 Å². The summed E-state index contributed by atoms with van der Waals surface area (Å²) in [5, 5.41) is 2.93. The number of carbonyl (C=O) groups is 1. The molecule has 2 nitrogen and oxygen atoms in total. The fourth-order valence-electron chi connectivity index (χ4n) is 1.22. The topological polar surface area (TPSA) is 29.1 Å². The molecule has 0 aromatic carbocycles. The highest BCUT2D eigenvalue weighted by Gasteiger charge is 2.02. The number of nitrogens with one attached hydrogen (secondary N) is 1. The molecule has 0 spiro atoms. The van der Waals surface area contributed by atoms with Gasteiger partial charge in [0.25, 0.3) is 0 Å². The molecule has 0 aliphatic rings. The highest BCUT2D eigenvalue weighted by Crippen LogP contribution is 1.99. The molecule has 0 aromatic rings. The number of rotatable bonds is 7. The maximum Gasteiger partial charge on any atom is 0.220 e. The molecule has 0 atom stereocenters. The van der Waals surface area contributed by atoms with Crippen molar-refractivity contribution < 1.29 is 4.79 Å². The van der Waals surface area contributed by atoms with E-state index in [4.69, 9.17) is 0 Å². The summed E-state index contributed by atoms with van der Waals surface area (Å²) in [7, 11) is 0. The van der Waals surface area contributed by atoms with E-state index in [1.54, 1.807) is 0 Å². The van der Waals surface area contributed by atoms with E-state index in [0.29, 0.717) is 12.3 Å². The second-order valence-corrected chi connectivity index (χ2v) is 4.01. The molecule has 1 N–H and O–H groups in total. The van der Waals surface area contributed by atoms with Gasteiger partial charge in [0.05, 0.1) is 0 Å². The molecule has 1 amide bonds. The van der Waals surface area contributed by atoms with Crippen molar-refractivity contribution in [1.82, 2.24) is 5.32 Å². The lowest BCUT2D eigenvalue weighted by Crippen LogP contribution is -2.25. The lowest BCUT2D eigenvalue weighted by molar-refractivity contribution is -0.121. The number of carbonyl (C=O) groups excluding carboxylic acids is 1. The van der Waals surface area contributed by atoms with Crippen LogP contribution in [0.15, 0.2) is 0 Å². The van der Waals surface area contributed by atoms with Gasteiger partial charge in [-0.3, -0.25) is 4.79 Å². The van der Waals surface area contributed by atoms with E-state index < -0.39 is 0 Å². The van der Waals surface area contributed by atoms with Crippen molar-refractivity contribution in [3.63, 3.8) is 0 Å². The third kappa shape index (κ3) is 9.38. The van der Waals surface area contributed by atoms with Gasteiger partial charge in [0.2, 0.25) is 5.91 Å². The van der Waals surface area contributed by atoms with Gasteiger partial charge in [-0.05, 0) is 12.3 Å². The lowest BCUT2D eigenvalue weighted by Gasteiger charge is -2.06. The van der Waals surface area contributed by atoms with Gasteiger partial charge in [-0.15, -0.1) is 0 Å². The fourth-order valence-corrected chi connectivity index (χ4v) is 1.22. The summed E-state index contributed by atoms with van der Waals surface area (Å²) in [6.45, 7) is 7.18. The van der Waals surface area contributed by atoms with Crippen LogP contribution in [0.25, 0.3) is 0 Å². The summed E-state index contributed by atoms with van der Waals surface area (Å²) in [6, 6.07) is 0. The smallest absolute Gasteiger partial charge is 0.220 e.